The van der Waals surface area contributed by atoms with Crippen molar-refractivity contribution in [2.75, 3.05) is 6.54 Å². The molecule has 0 radical (unpaired) electrons. The summed E-state index contributed by atoms with van der Waals surface area (Å²) >= 11 is 1.64. The highest BCUT2D eigenvalue weighted by Crippen LogP contribution is 2.24. The van der Waals surface area contributed by atoms with E-state index in [9.17, 15) is 4.79 Å². The van der Waals surface area contributed by atoms with Crippen molar-refractivity contribution < 1.29 is 4.79 Å². The van der Waals surface area contributed by atoms with E-state index < -0.39 is 0 Å². The maximum Gasteiger partial charge on any atom is 0.219 e. The van der Waals surface area contributed by atoms with Crippen LogP contribution in [0.3, 0.4) is 0 Å². The van der Waals surface area contributed by atoms with E-state index in [-0.39, 0.29) is 5.91 Å². The summed E-state index contributed by atoms with van der Waals surface area (Å²) < 4.78 is 2.15. The van der Waals surface area contributed by atoms with Crippen LogP contribution in [-0.2, 0) is 17.8 Å². The van der Waals surface area contributed by atoms with Crippen LogP contribution >= 0.6 is 11.3 Å². The molecule has 5 heteroatoms. The smallest absolute Gasteiger partial charge is 0.219 e. The fraction of sp³-hybridized carbons (Fsp3) is 0.182. The van der Waals surface area contributed by atoms with Gasteiger partial charge in [0.2, 0.25) is 5.91 Å². The monoisotopic (exact) mass is 375 g/mol. The summed E-state index contributed by atoms with van der Waals surface area (Å²) in [6, 6.07) is 20.3. The minimum Gasteiger partial charge on any atom is -0.338 e. The predicted molar refractivity (Wildman–Crippen MR) is 110 cm³/mol. The number of nitrogens with zero attached hydrogens (tertiary/aromatic N) is 3. The molecule has 0 saturated carbocycles. The standard InChI is InChI=1S/C22H21N3OS/c1-17(26)24(14-18-8-4-2-5-9-18)13-12-20-16-27-22-23-21(15-25(20)22)19-10-6-3-7-11-19/h2-11,15-16H,12-14H2,1H3. The van der Waals surface area contributed by atoms with Crippen LogP contribution in [-0.4, -0.2) is 26.7 Å². The summed E-state index contributed by atoms with van der Waals surface area (Å²) in [5, 5.41) is 2.14. The average molecular weight is 375 g/mol. The minimum atomic E-state index is 0.0981. The normalized spacial score (nSPS) is 11.0. The zero-order valence-corrected chi connectivity index (χ0v) is 16.0. The molecular weight excluding hydrogens is 354 g/mol. The first-order chi connectivity index (χ1) is 13.2. The summed E-state index contributed by atoms with van der Waals surface area (Å²) in [5.41, 5.74) is 4.44. The molecule has 0 aliphatic heterocycles. The maximum absolute atomic E-state index is 12.1. The third-order valence-electron chi connectivity index (χ3n) is 4.65. The van der Waals surface area contributed by atoms with Crippen LogP contribution in [0.2, 0.25) is 0 Å². The van der Waals surface area contributed by atoms with Crippen molar-refractivity contribution in [3.05, 3.63) is 83.5 Å². The summed E-state index contributed by atoms with van der Waals surface area (Å²) in [6.45, 7) is 2.97. The van der Waals surface area contributed by atoms with E-state index in [2.05, 4.69) is 40.2 Å². The Bertz CT molecular complexity index is 1040. The van der Waals surface area contributed by atoms with Gasteiger partial charge in [-0.3, -0.25) is 9.20 Å². The minimum absolute atomic E-state index is 0.0981. The van der Waals surface area contributed by atoms with Gasteiger partial charge in [-0.15, -0.1) is 11.3 Å². The van der Waals surface area contributed by atoms with Gasteiger partial charge in [0.05, 0.1) is 5.69 Å². The molecule has 27 heavy (non-hydrogen) atoms. The summed E-state index contributed by atoms with van der Waals surface area (Å²) in [4.78, 5) is 19.7. The largest absolute Gasteiger partial charge is 0.338 e. The van der Waals surface area contributed by atoms with E-state index in [0.29, 0.717) is 13.1 Å². The van der Waals surface area contributed by atoms with E-state index in [0.717, 1.165) is 28.2 Å². The van der Waals surface area contributed by atoms with Crippen LogP contribution in [0, 0.1) is 0 Å². The van der Waals surface area contributed by atoms with Crippen LogP contribution in [0.4, 0.5) is 0 Å². The number of carbonyl (C=O) groups is 1. The van der Waals surface area contributed by atoms with Crippen molar-refractivity contribution in [2.24, 2.45) is 0 Å². The van der Waals surface area contributed by atoms with Gasteiger partial charge in [-0.25, -0.2) is 4.98 Å². The van der Waals surface area contributed by atoms with E-state index in [1.165, 1.54) is 5.69 Å². The third kappa shape index (κ3) is 3.93. The molecule has 0 unspecified atom stereocenters. The summed E-state index contributed by atoms with van der Waals surface area (Å²) in [7, 11) is 0. The predicted octanol–water partition coefficient (Wildman–Crippen LogP) is 4.65. The Labute approximate surface area is 162 Å². The van der Waals surface area contributed by atoms with Crippen LogP contribution in [0.1, 0.15) is 18.2 Å². The molecule has 0 N–H and O–H groups in total. The highest BCUT2D eigenvalue weighted by atomic mass is 32.1. The Morgan fingerprint density at radius 3 is 2.48 bits per heavy atom. The first kappa shape index (κ1) is 17.5. The number of hydrogen-bond donors (Lipinski definition) is 0. The van der Waals surface area contributed by atoms with Gasteiger partial charge >= 0.3 is 0 Å². The lowest BCUT2D eigenvalue weighted by atomic mass is 10.2. The topological polar surface area (TPSA) is 37.6 Å². The first-order valence-electron chi connectivity index (χ1n) is 9.01. The second kappa shape index (κ2) is 7.76. The van der Waals surface area contributed by atoms with Crippen molar-refractivity contribution in [3.63, 3.8) is 0 Å². The van der Waals surface area contributed by atoms with Crippen molar-refractivity contribution >= 4 is 22.2 Å². The Morgan fingerprint density at radius 1 is 1.07 bits per heavy atom. The maximum atomic E-state index is 12.1. The molecule has 1 amide bonds. The summed E-state index contributed by atoms with van der Waals surface area (Å²) in [6.07, 6.45) is 2.89. The number of amides is 1. The molecule has 0 aliphatic carbocycles. The van der Waals surface area contributed by atoms with Crippen LogP contribution in [0.5, 0.6) is 0 Å². The van der Waals surface area contributed by atoms with Crippen molar-refractivity contribution in [1.29, 1.82) is 0 Å². The van der Waals surface area contributed by atoms with Gasteiger partial charge in [-0.2, -0.15) is 0 Å². The number of thiazole rings is 1. The van der Waals surface area contributed by atoms with Crippen LogP contribution in [0.25, 0.3) is 16.2 Å². The van der Waals surface area contributed by atoms with Gasteiger partial charge in [0.15, 0.2) is 4.96 Å². The van der Waals surface area contributed by atoms with Crippen molar-refractivity contribution in [2.45, 2.75) is 19.9 Å². The van der Waals surface area contributed by atoms with Gasteiger partial charge in [0.25, 0.3) is 0 Å². The second-order valence-corrected chi connectivity index (χ2v) is 7.38. The quantitative estimate of drug-likeness (QED) is 0.492. The zero-order valence-electron chi connectivity index (χ0n) is 15.2. The second-order valence-electron chi connectivity index (χ2n) is 6.55. The lowest BCUT2D eigenvalue weighted by molar-refractivity contribution is -0.129. The first-order valence-corrected chi connectivity index (χ1v) is 9.89. The highest BCUT2D eigenvalue weighted by molar-refractivity contribution is 7.15. The number of imidazole rings is 1. The number of carbonyl (C=O) groups excluding carboxylic acids is 1. The Hall–Kier alpha value is -2.92. The fourth-order valence-corrected chi connectivity index (χ4v) is 4.07. The van der Waals surface area contributed by atoms with Crippen molar-refractivity contribution in [1.82, 2.24) is 14.3 Å². The fourth-order valence-electron chi connectivity index (χ4n) is 3.16. The Kier molecular flexibility index (Phi) is 5.03. The van der Waals surface area contributed by atoms with Gasteiger partial charge in [0.1, 0.15) is 0 Å². The molecule has 0 aliphatic rings. The zero-order chi connectivity index (χ0) is 18.6. The number of aromatic nitrogens is 2. The molecule has 0 saturated heterocycles. The van der Waals surface area contributed by atoms with E-state index in [1.54, 1.807) is 18.3 Å². The average Bonchev–Trinajstić information content (AvgIpc) is 3.28. The number of rotatable bonds is 6. The molecule has 4 aromatic rings. The Balaban J connectivity index is 1.50. The molecule has 4 rings (SSSR count). The molecule has 2 heterocycles. The summed E-state index contributed by atoms with van der Waals surface area (Å²) in [5.74, 6) is 0.0981. The van der Waals surface area contributed by atoms with E-state index >= 15 is 0 Å². The molecule has 4 nitrogen and oxygen atoms in total. The molecule has 0 atom stereocenters. The lowest BCUT2D eigenvalue weighted by Gasteiger charge is -2.21. The molecule has 0 spiro atoms. The lowest BCUT2D eigenvalue weighted by Crippen LogP contribution is -2.30. The Morgan fingerprint density at radius 2 is 1.78 bits per heavy atom. The van der Waals surface area contributed by atoms with Gasteiger partial charge in [-0.1, -0.05) is 60.7 Å². The van der Waals surface area contributed by atoms with Gasteiger partial charge < -0.3 is 4.90 Å². The van der Waals surface area contributed by atoms with Gasteiger partial charge in [-0.05, 0) is 5.56 Å². The molecule has 0 fully saturated rings. The van der Waals surface area contributed by atoms with E-state index in [4.69, 9.17) is 4.98 Å². The molecule has 2 aromatic carbocycles. The third-order valence-corrected chi connectivity index (χ3v) is 5.54. The SMILES string of the molecule is CC(=O)N(CCc1csc2nc(-c3ccccc3)cn12)Cc1ccccc1. The number of fused-ring (bicyclic) bond motifs is 1. The molecule has 0 bridgehead atoms. The van der Waals surface area contributed by atoms with Crippen LogP contribution < -0.4 is 0 Å². The van der Waals surface area contributed by atoms with E-state index in [1.807, 2.05) is 41.3 Å². The molecule has 136 valence electrons. The molecular formula is C22H21N3OS. The van der Waals surface area contributed by atoms with Crippen molar-refractivity contribution in [3.8, 4) is 11.3 Å². The van der Waals surface area contributed by atoms with Crippen LogP contribution in [0.15, 0.2) is 72.2 Å². The number of hydrogen-bond acceptors (Lipinski definition) is 3. The molecule has 2 aromatic heterocycles. The highest BCUT2D eigenvalue weighted by Gasteiger charge is 2.13. The number of benzene rings is 2. The van der Waals surface area contributed by atoms with Gasteiger partial charge in [0, 0.05) is 49.3 Å².